The summed E-state index contributed by atoms with van der Waals surface area (Å²) in [5, 5.41) is 10.0. The highest BCUT2D eigenvalue weighted by Crippen LogP contribution is 2.28. The van der Waals surface area contributed by atoms with E-state index in [2.05, 4.69) is 9.97 Å². The minimum atomic E-state index is -1.11. The number of aliphatic hydroxyl groups is 1. The number of ether oxygens (including phenoxy) is 1. The lowest BCUT2D eigenvalue weighted by Crippen LogP contribution is -2.04. The van der Waals surface area contributed by atoms with Gasteiger partial charge in [-0.25, -0.2) is 14.4 Å². The third-order valence-corrected chi connectivity index (χ3v) is 2.40. The highest BCUT2D eigenvalue weighted by Gasteiger charge is 2.18. The van der Waals surface area contributed by atoms with Crippen molar-refractivity contribution in [3.05, 3.63) is 53.9 Å². The molecule has 0 radical (unpaired) electrons. The number of hydrogen-bond donors (Lipinski definition) is 1. The molecule has 0 aliphatic rings. The zero-order valence-electron chi connectivity index (χ0n) is 9.17. The van der Waals surface area contributed by atoms with Crippen molar-refractivity contribution in [1.29, 1.82) is 0 Å². The Bertz CT molecular complexity index is 505. The van der Waals surface area contributed by atoms with Crippen LogP contribution in [0.5, 0.6) is 5.75 Å². The van der Waals surface area contributed by atoms with Gasteiger partial charge in [0, 0.05) is 23.5 Å². The van der Waals surface area contributed by atoms with Crippen molar-refractivity contribution in [3.63, 3.8) is 0 Å². The first-order valence-electron chi connectivity index (χ1n) is 4.99. The number of rotatable bonds is 3. The molecule has 17 heavy (non-hydrogen) atoms. The number of aliphatic hydroxyl groups excluding tert-OH is 1. The molecule has 1 atom stereocenters. The first-order chi connectivity index (χ1) is 8.24. The zero-order chi connectivity index (χ0) is 12.3. The molecule has 2 aromatic rings. The predicted molar refractivity (Wildman–Crippen MR) is 59.0 cm³/mol. The van der Waals surface area contributed by atoms with Gasteiger partial charge in [0.25, 0.3) is 0 Å². The van der Waals surface area contributed by atoms with Crippen molar-refractivity contribution < 1.29 is 14.2 Å². The molecule has 0 amide bonds. The molecule has 0 aliphatic heterocycles. The predicted octanol–water partition coefficient (Wildman–Crippen LogP) is 1.71. The van der Waals surface area contributed by atoms with Crippen molar-refractivity contribution in [2.24, 2.45) is 0 Å². The summed E-state index contributed by atoms with van der Waals surface area (Å²) in [6.45, 7) is 0. The van der Waals surface area contributed by atoms with Crippen molar-refractivity contribution in [2.45, 2.75) is 6.10 Å². The number of aromatic nitrogens is 2. The molecule has 0 spiro atoms. The van der Waals surface area contributed by atoms with Gasteiger partial charge in [0.15, 0.2) is 11.6 Å². The molecule has 0 bridgehead atoms. The average Bonchev–Trinajstić information content (AvgIpc) is 2.39. The maximum absolute atomic E-state index is 13.9. The molecule has 2 rings (SSSR count). The van der Waals surface area contributed by atoms with E-state index in [4.69, 9.17) is 4.74 Å². The molecule has 4 nitrogen and oxygen atoms in total. The monoisotopic (exact) mass is 234 g/mol. The Morgan fingerprint density at radius 2 is 2.00 bits per heavy atom. The van der Waals surface area contributed by atoms with Crippen LogP contribution in [0.4, 0.5) is 4.39 Å². The van der Waals surface area contributed by atoms with Gasteiger partial charge in [0.2, 0.25) is 0 Å². The molecule has 0 saturated carbocycles. The van der Waals surface area contributed by atoms with Crippen LogP contribution in [-0.4, -0.2) is 22.2 Å². The van der Waals surface area contributed by atoms with Crippen LogP contribution in [-0.2, 0) is 0 Å². The molecule has 0 fully saturated rings. The van der Waals surface area contributed by atoms with Gasteiger partial charge in [-0.1, -0.05) is 12.1 Å². The smallest absolute Gasteiger partial charge is 0.171 e. The van der Waals surface area contributed by atoms with Crippen molar-refractivity contribution in [3.8, 4) is 5.75 Å². The Kier molecular flexibility index (Phi) is 3.30. The second kappa shape index (κ2) is 4.88. The van der Waals surface area contributed by atoms with Gasteiger partial charge < -0.3 is 9.84 Å². The Balaban J connectivity index is 2.41. The minimum absolute atomic E-state index is 0.0957. The lowest BCUT2D eigenvalue weighted by atomic mass is 10.0. The Morgan fingerprint density at radius 1 is 1.29 bits per heavy atom. The summed E-state index contributed by atoms with van der Waals surface area (Å²) in [5.74, 6) is -0.482. The third-order valence-electron chi connectivity index (χ3n) is 2.40. The summed E-state index contributed by atoms with van der Waals surface area (Å²) in [6, 6.07) is 4.60. The lowest BCUT2D eigenvalue weighted by molar-refractivity contribution is 0.212. The fourth-order valence-electron chi connectivity index (χ4n) is 1.53. The molecule has 1 unspecified atom stereocenters. The van der Waals surface area contributed by atoms with E-state index in [1.165, 1.54) is 38.0 Å². The van der Waals surface area contributed by atoms with Crippen LogP contribution in [0, 0.1) is 5.82 Å². The summed E-state index contributed by atoms with van der Waals surface area (Å²) in [6.07, 6.45) is 3.12. The second-order valence-corrected chi connectivity index (χ2v) is 3.44. The summed E-state index contributed by atoms with van der Waals surface area (Å²) in [7, 11) is 1.38. The fourth-order valence-corrected chi connectivity index (χ4v) is 1.53. The van der Waals surface area contributed by atoms with Gasteiger partial charge in [-0.2, -0.15) is 0 Å². The fraction of sp³-hybridized carbons (Fsp3) is 0.167. The van der Waals surface area contributed by atoms with Gasteiger partial charge in [0.1, 0.15) is 12.4 Å². The Hall–Kier alpha value is -2.01. The van der Waals surface area contributed by atoms with Crippen LogP contribution < -0.4 is 4.74 Å². The Morgan fingerprint density at radius 3 is 2.65 bits per heavy atom. The largest absolute Gasteiger partial charge is 0.494 e. The second-order valence-electron chi connectivity index (χ2n) is 3.44. The maximum Gasteiger partial charge on any atom is 0.171 e. The van der Waals surface area contributed by atoms with Gasteiger partial charge in [-0.05, 0) is 6.07 Å². The molecule has 1 heterocycles. The molecular formula is C12H11FN2O2. The van der Waals surface area contributed by atoms with Crippen LogP contribution in [0.25, 0.3) is 0 Å². The number of halogens is 1. The van der Waals surface area contributed by atoms with E-state index < -0.39 is 11.9 Å². The maximum atomic E-state index is 13.9. The molecule has 1 aromatic heterocycles. The third kappa shape index (κ3) is 2.24. The van der Waals surface area contributed by atoms with Crippen molar-refractivity contribution >= 4 is 0 Å². The highest BCUT2D eigenvalue weighted by molar-refractivity contribution is 5.35. The number of nitrogens with zero attached hydrogens (tertiary/aromatic N) is 2. The van der Waals surface area contributed by atoms with Crippen LogP contribution in [0.2, 0.25) is 0 Å². The lowest BCUT2D eigenvalue weighted by Gasteiger charge is -2.13. The van der Waals surface area contributed by atoms with E-state index in [0.29, 0.717) is 5.56 Å². The van der Waals surface area contributed by atoms with E-state index in [-0.39, 0.29) is 11.3 Å². The van der Waals surface area contributed by atoms with E-state index in [1.807, 2.05) is 0 Å². The van der Waals surface area contributed by atoms with E-state index in [9.17, 15) is 9.50 Å². The summed E-state index contributed by atoms with van der Waals surface area (Å²) in [4.78, 5) is 7.56. The van der Waals surface area contributed by atoms with Crippen LogP contribution in [0.3, 0.4) is 0 Å². The molecule has 88 valence electrons. The molecule has 1 aromatic carbocycles. The molecule has 0 saturated heterocycles. The van der Waals surface area contributed by atoms with Crippen LogP contribution >= 0.6 is 0 Å². The minimum Gasteiger partial charge on any atom is -0.494 e. The van der Waals surface area contributed by atoms with Crippen LogP contribution in [0.1, 0.15) is 17.2 Å². The quantitative estimate of drug-likeness (QED) is 0.878. The van der Waals surface area contributed by atoms with Gasteiger partial charge in [-0.15, -0.1) is 0 Å². The van der Waals surface area contributed by atoms with Gasteiger partial charge in [0.05, 0.1) is 7.11 Å². The highest BCUT2D eigenvalue weighted by atomic mass is 19.1. The van der Waals surface area contributed by atoms with E-state index >= 15 is 0 Å². The Labute approximate surface area is 97.7 Å². The summed E-state index contributed by atoms with van der Waals surface area (Å²) >= 11 is 0. The SMILES string of the molecule is COc1cccc(C(O)c2cncnc2)c1F. The molecule has 1 N–H and O–H groups in total. The molecule has 5 heteroatoms. The van der Waals surface area contributed by atoms with Crippen LogP contribution in [0.15, 0.2) is 36.9 Å². The standard InChI is InChI=1S/C12H11FN2O2/c1-17-10-4-2-3-9(11(10)13)12(16)8-5-14-7-15-6-8/h2-7,12,16H,1H3. The molecular weight excluding hydrogens is 223 g/mol. The van der Waals surface area contributed by atoms with Crippen molar-refractivity contribution in [2.75, 3.05) is 7.11 Å². The summed E-state index contributed by atoms with van der Waals surface area (Å²) in [5.41, 5.74) is 0.568. The number of methoxy groups -OCH3 is 1. The molecule has 0 aliphatic carbocycles. The average molecular weight is 234 g/mol. The zero-order valence-corrected chi connectivity index (χ0v) is 9.17. The number of hydrogen-bond acceptors (Lipinski definition) is 4. The normalized spacial score (nSPS) is 12.2. The van der Waals surface area contributed by atoms with E-state index in [1.54, 1.807) is 6.07 Å². The van der Waals surface area contributed by atoms with Gasteiger partial charge >= 0.3 is 0 Å². The first kappa shape index (κ1) is 11.5. The van der Waals surface area contributed by atoms with Gasteiger partial charge in [-0.3, -0.25) is 0 Å². The topological polar surface area (TPSA) is 55.2 Å². The van der Waals surface area contributed by atoms with E-state index in [0.717, 1.165) is 0 Å². The summed E-state index contributed by atoms with van der Waals surface area (Å²) < 4.78 is 18.7. The number of benzene rings is 1. The van der Waals surface area contributed by atoms with Crippen molar-refractivity contribution in [1.82, 2.24) is 9.97 Å². The first-order valence-corrected chi connectivity index (χ1v) is 4.99.